The van der Waals surface area contributed by atoms with Crippen LogP contribution in [0.25, 0.3) is 0 Å². The monoisotopic (exact) mass is 306 g/mol. The van der Waals surface area contributed by atoms with E-state index in [1.807, 2.05) is 13.8 Å². The third-order valence-corrected chi connectivity index (χ3v) is 4.47. The predicted molar refractivity (Wildman–Crippen MR) is 77.9 cm³/mol. The number of ether oxygens (including phenoxy) is 1. The molecule has 20 heavy (non-hydrogen) atoms. The van der Waals surface area contributed by atoms with Gasteiger partial charge in [-0.25, -0.2) is 8.42 Å². The van der Waals surface area contributed by atoms with Crippen molar-refractivity contribution >= 4 is 15.9 Å². The molecule has 1 fully saturated rings. The molecule has 0 aromatic carbocycles. The Bertz CT molecular complexity index is 403. The van der Waals surface area contributed by atoms with Gasteiger partial charge in [0.15, 0.2) is 0 Å². The number of sulfonamides is 1. The Morgan fingerprint density at radius 2 is 2.15 bits per heavy atom. The topological polar surface area (TPSA) is 75.7 Å². The number of nitrogens with one attached hydrogen (secondary N) is 1. The van der Waals surface area contributed by atoms with Crippen molar-refractivity contribution in [1.29, 1.82) is 0 Å². The van der Waals surface area contributed by atoms with Gasteiger partial charge in [0.1, 0.15) is 0 Å². The number of rotatable bonds is 8. The van der Waals surface area contributed by atoms with Crippen LogP contribution in [0.4, 0.5) is 0 Å². The van der Waals surface area contributed by atoms with E-state index in [0.29, 0.717) is 25.6 Å². The van der Waals surface area contributed by atoms with Crippen LogP contribution in [-0.2, 0) is 19.6 Å². The van der Waals surface area contributed by atoms with Crippen molar-refractivity contribution in [2.75, 3.05) is 32.5 Å². The van der Waals surface area contributed by atoms with E-state index in [0.717, 1.165) is 12.8 Å². The third kappa shape index (κ3) is 6.67. The van der Waals surface area contributed by atoms with Gasteiger partial charge < -0.3 is 10.1 Å². The van der Waals surface area contributed by atoms with E-state index in [1.54, 1.807) is 0 Å². The van der Waals surface area contributed by atoms with Gasteiger partial charge in [-0.15, -0.1) is 0 Å². The minimum Gasteiger partial charge on any atom is -0.377 e. The second-order valence-electron chi connectivity index (χ2n) is 5.70. The van der Waals surface area contributed by atoms with Crippen molar-refractivity contribution in [2.24, 2.45) is 5.92 Å². The normalized spacial score (nSPS) is 19.8. The minimum absolute atomic E-state index is 0.0385. The molecular formula is C13H26N2O4S. The summed E-state index contributed by atoms with van der Waals surface area (Å²) >= 11 is 0. The molecule has 1 N–H and O–H groups in total. The molecule has 1 amide bonds. The SMILES string of the molecule is CC(C)CNC(=O)CCN(CC1CCCO1)S(C)(=O)=O. The van der Waals surface area contributed by atoms with Gasteiger partial charge in [0.2, 0.25) is 15.9 Å². The quantitative estimate of drug-likeness (QED) is 0.712. The summed E-state index contributed by atoms with van der Waals surface area (Å²) in [6.45, 7) is 5.89. The summed E-state index contributed by atoms with van der Waals surface area (Å²) in [6.07, 6.45) is 3.17. The number of hydrogen-bond donors (Lipinski definition) is 1. The Balaban J connectivity index is 2.42. The first-order chi connectivity index (χ1) is 9.29. The van der Waals surface area contributed by atoms with Gasteiger partial charge in [0, 0.05) is 32.7 Å². The van der Waals surface area contributed by atoms with Crippen molar-refractivity contribution in [3.05, 3.63) is 0 Å². The zero-order chi connectivity index (χ0) is 15.2. The fourth-order valence-corrected chi connectivity index (χ4v) is 2.90. The summed E-state index contributed by atoms with van der Waals surface area (Å²) in [6, 6.07) is 0. The average molecular weight is 306 g/mol. The standard InChI is InChI=1S/C13H26N2O4S/c1-11(2)9-14-13(16)6-7-15(20(3,17)18)10-12-5-4-8-19-12/h11-12H,4-10H2,1-3H3,(H,14,16). The first-order valence-electron chi connectivity index (χ1n) is 7.12. The predicted octanol–water partition coefficient (Wildman–Crippen LogP) is 0.589. The smallest absolute Gasteiger partial charge is 0.221 e. The van der Waals surface area contributed by atoms with Crippen LogP contribution in [0.15, 0.2) is 0 Å². The van der Waals surface area contributed by atoms with Crippen LogP contribution in [0.1, 0.15) is 33.1 Å². The summed E-state index contributed by atoms with van der Waals surface area (Å²) < 4.78 is 30.3. The lowest BCUT2D eigenvalue weighted by atomic mass is 10.2. The van der Waals surface area contributed by atoms with Crippen molar-refractivity contribution < 1.29 is 17.9 Å². The molecule has 1 unspecified atom stereocenters. The lowest BCUT2D eigenvalue weighted by Crippen LogP contribution is -2.39. The van der Waals surface area contributed by atoms with Gasteiger partial charge in [-0.1, -0.05) is 13.8 Å². The molecule has 1 rings (SSSR count). The van der Waals surface area contributed by atoms with Crippen LogP contribution in [0.5, 0.6) is 0 Å². The number of carbonyl (C=O) groups is 1. The van der Waals surface area contributed by atoms with E-state index >= 15 is 0 Å². The number of nitrogens with zero attached hydrogens (tertiary/aromatic N) is 1. The molecule has 0 spiro atoms. The molecule has 118 valence electrons. The molecule has 1 saturated heterocycles. The molecule has 7 heteroatoms. The molecule has 0 radical (unpaired) electrons. The molecule has 0 saturated carbocycles. The number of hydrogen-bond acceptors (Lipinski definition) is 4. The van der Waals surface area contributed by atoms with E-state index in [2.05, 4.69) is 5.32 Å². The van der Waals surface area contributed by atoms with Gasteiger partial charge in [0.25, 0.3) is 0 Å². The average Bonchev–Trinajstić information content (AvgIpc) is 2.83. The van der Waals surface area contributed by atoms with Gasteiger partial charge in [-0.3, -0.25) is 4.79 Å². The van der Waals surface area contributed by atoms with Crippen LogP contribution >= 0.6 is 0 Å². The van der Waals surface area contributed by atoms with Crippen LogP contribution in [0.3, 0.4) is 0 Å². The van der Waals surface area contributed by atoms with Gasteiger partial charge in [0.05, 0.1) is 12.4 Å². The Morgan fingerprint density at radius 3 is 2.65 bits per heavy atom. The minimum atomic E-state index is -3.31. The molecule has 0 bridgehead atoms. The molecule has 1 atom stereocenters. The summed E-state index contributed by atoms with van der Waals surface area (Å²) in [5.41, 5.74) is 0. The first-order valence-corrected chi connectivity index (χ1v) is 8.97. The molecular weight excluding hydrogens is 280 g/mol. The Hall–Kier alpha value is -0.660. The van der Waals surface area contributed by atoms with Crippen LogP contribution < -0.4 is 5.32 Å². The van der Waals surface area contributed by atoms with Gasteiger partial charge >= 0.3 is 0 Å². The van der Waals surface area contributed by atoms with Crippen molar-refractivity contribution in [3.8, 4) is 0 Å². The van der Waals surface area contributed by atoms with Crippen molar-refractivity contribution in [3.63, 3.8) is 0 Å². The Morgan fingerprint density at radius 1 is 1.45 bits per heavy atom. The summed E-state index contributed by atoms with van der Waals surface area (Å²) in [4.78, 5) is 11.7. The molecule has 0 aromatic heterocycles. The largest absolute Gasteiger partial charge is 0.377 e. The fourth-order valence-electron chi connectivity index (χ4n) is 2.04. The third-order valence-electron chi connectivity index (χ3n) is 3.20. The highest BCUT2D eigenvalue weighted by molar-refractivity contribution is 7.88. The first kappa shape index (κ1) is 17.4. The van der Waals surface area contributed by atoms with Gasteiger partial charge in [-0.2, -0.15) is 4.31 Å². The summed E-state index contributed by atoms with van der Waals surface area (Å²) in [5, 5.41) is 2.79. The number of amides is 1. The molecule has 0 aromatic rings. The van der Waals surface area contributed by atoms with E-state index in [4.69, 9.17) is 4.74 Å². The van der Waals surface area contributed by atoms with Crippen molar-refractivity contribution in [1.82, 2.24) is 9.62 Å². The molecule has 1 aliphatic heterocycles. The fraction of sp³-hybridized carbons (Fsp3) is 0.923. The van der Waals surface area contributed by atoms with Gasteiger partial charge in [-0.05, 0) is 18.8 Å². The second-order valence-corrected chi connectivity index (χ2v) is 7.69. The molecule has 1 aliphatic rings. The highest BCUT2D eigenvalue weighted by Gasteiger charge is 2.24. The maximum atomic E-state index is 11.7. The second kappa shape index (κ2) is 7.95. The summed E-state index contributed by atoms with van der Waals surface area (Å²) in [5.74, 6) is 0.275. The highest BCUT2D eigenvalue weighted by Crippen LogP contribution is 2.15. The molecule has 1 heterocycles. The van der Waals surface area contributed by atoms with Crippen molar-refractivity contribution in [2.45, 2.75) is 39.2 Å². The zero-order valence-corrected chi connectivity index (χ0v) is 13.4. The molecule has 6 nitrogen and oxygen atoms in total. The summed E-state index contributed by atoms with van der Waals surface area (Å²) in [7, 11) is -3.31. The lowest BCUT2D eigenvalue weighted by Gasteiger charge is -2.22. The van der Waals surface area contributed by atoms with Crippen LogP contribution in [0, 0.1) is 5.92 Å². The van der Waals surface area contributed by atoms with E-state index in [9.17, 15) is 13.2 Å². The maximum Gasteiger partial charge on any atom is 0.221 e. The zero-order valence-electron chi connectivity index (χ0n) is 12.6. The lowest BCUT2D eigenvalue weighted by molar-refractivity contribution is -0.121. The maximum absolute atomic E-state index is 11.7. The highest BCUT2D eigenvalue weighted by atomic mass is 32.2. The molecule has 0 aliphatic carbocycles. The van der Waals surface area contributed by atoms with Crippen LogP contribution in [-0.4, -0.2) is 57.2 Å². The van der Waals surface area contributed by atoms with E-state index in [1.165, 1.54) is 10.6 Å². The van der Waals surface area contributed by atoms with E-state index in [-0.39, 0.29) is 25.0 Å². The van der Waals surface area contributed by atoms with Crippen LogP contribution in [0.2, 0.25) is 0 Å². The Labute approximate surface area is 121 Å². The number of carbonyl (C=O) groups excluding carboxylic acids is 1. The Kier molecular flexibility index (Phi) is 6.91. The van der Waals surface area contributed by atoms with E-state index < -0.39 is 10.0 Å².